The van der Waals surface area contributed by atoms with E-state index in [1.54, 1.807) is 6.92 Å². The van der Waals surface area contributed by atoms with Crippen molar-refractivity contribution in [2.45, 2.75) is 18.0 Å². The van der Waals surface area contributed by atoms with Crippen LogP contribution in [0.1, 0.15) is 22.8 Å². The van der Waals surface area contributed by atoms with Gasteiger partial charge in [0, 0.05) is 11.1 Å². The zero-order valence-electron chi connectivity index (χ0n) is 15.8. The van der Waals surface area contributed by atoms with Gasteiger partial charge in [-0.3, -0.25) is 4.79 Å². The molecular weight excluding hydrogens is 513 g/mol. The van der Waals surface area contributed by atoms with E-state index in [0.29, 0.717) is 12.1 Å². The summed E-state index contributed by atoms with van der Waals surface area (Å²) in [5, 5.41) is 2.04. The lowest BCUT2D eigenvalue weighted by Gasteiger charge is -2.37. The van der Waals surface area contributed by atoms with Gasteiger partial charge in [-0.1, -0.05) is 6.92 Å². The number of sulfone groups is 1. The van der Waals surface area contributed by atoms with Crippen LogP contribution in [0.15, 0.2) is 39.7 Å². The van der Waals surface area contributed by atoms with E-state index in [0.717, 1.165) is 18.2 Å². The van der Waals surface area contributed by atoms with Crippen LogP contribution in [-0.4, -0.2) is 33.3 Å². The summed E-state index contributed by atoms with van der Waals surface area (Å²) in [6, 6.07) is 3.50. The predicted molar refractivity (Wildman–Crippen MR) is 104 cm³/mol. The first-order chi connectivity index (χ1) is 14.2. The molecule has 2 aromatic carbocycles. The van der Waals surface area contributed by atoms with Crippen molar-refractivity contribution in [2.24, 2.45) is 5.41 Å². The SMILES string of the molecule is CC1(CS(=O)(=O)c2ccc(F)c(C(=O)Nc3ccc(F)c(C(F)(F)F)c3)c2Br)COC1. The summed E-state index contributed by atoms with van der Waals surface area (Å²) in [5.74, 6) is -4.16. The molecule has 0 saturated carbocycles. The minimum absolute atomic E-state index is 0.227. The van der Waals surface area contributed by atoms with Crippen LogP contribution in [0, 0.1) is 17.0 Å². The van der Waals surface area contributed by atoms with Crippen molar-refractivity contribution in [1.82, 2.24) is 0 Å². The van der Waals surface area contributed by atoms with E-state index >= 15 is 0 Å². The lowest BCUT2D eigenvalue weighted by molar-refractivity contribution is -0.139. The van der Waals surface area contributed by atoms with E-state index in [1.165, 1.54) is 0 Å². The van der Waals surface area contributed by atoms with Crippen molar-refractivity contribution in [3.8, 4) is 0 Å². The molecule has 1 N–H and O–H groups in total. The van der Waals surface area contributed by atoms with E-state index in [9.17, 15) is 35.2 Å². The summed E-state index contributed by atoms with van der Waals surface area (Å²) in [4.78, 5) is 12.2. The highest BCUT2D eigenvalue weighted by Gasteiger charge is 2.40. The molecule has 0 unspecified atom stereocenters. The Labute approximate surface area is 182 Å². The number of amides is 1. The van der Waals surface area contributed by atoms with Crippen LogP contribution in [0.5, 0.6) is 0 Å². The summed E-state index contributed by atoms with van der Waals surface area (Å²) in [6.07, 6.45) is -5.01. The Morgan fingerprint density at radius 3 is 2.32 bits per heavy atom. The van der Waals surface area contributed by atoms with Crippen molar-refractivity contribution in [1.29, 1.82) is 0 Å². The molecule has 3 rings (SSSR count). The second-order valence-electron chi connectivity index (χ2n) is 7.44. The molecule has 1 aliphatic heterocycles. The minimum atomic E-state index is -5.01. The molecule has 5 nitrogen and oxygen atoms in total. The number of rotatable bonds is 5. The fourth-order valence-corrected chi connectivity index (χ4v) is 6.20. The number of hydrogen-bond donors (Lipinski definition) is 1. The molecule has 1 fully saturated rings. The van der Waals surface area contributed by atoms with Gasteiger partial charge in [-0.25, -0.2) is 17.2 Å². The molecule has 12 heteroatoms. The van der Waals surface area contributed by atoms with Gasteiger partial charge in [0.1, 0.15) is 11.6 Å². The van der Waals surface area contributed by atoms with Gasteiger partial charge in [0.2, 0.25) is 0 Å². The van der Waals surface area contributed by atoms with E-state index in [-0.39, 0.29) is 28.3 Å². The van der Waals surface area contributed by atoms with Gasteiger partial charge >= 0.3 is 6.18 Å². The molecule has 1 aliphatic rings. The Kier molecular flexibility index (Phi) is 6.20. The standard InChI is InChI=1S/C19H15BrF5NO4S/c1-18(7-30-8-18)9-31(28,29)14-5-4-13(22)15(16(14)20)17(27)26-10-2-3-12(21)11(6-10)19(23,24)25/h2-6H,7-9H2,1H3,(H,26,27). The number of carbonyl (C=O) groups is 1. The summed E-state index contributed by atoms with van der Waals surface area (Å²) in [6.45, 7) is 2.15. The molecule has 2 aromatic rings. The van der Waals surface area contributed by atoms with Gasteiger partial charge in [-0.2, -0.15) is 13.2 Å². The average molecular weight is 528 g/mol. The van der Waals surface area contributed by atoms with Crippen LogP contribution in [0.3, 0.4) is 0 Å². The number of nitrogens with one attached hydrogen (secondary N) is 1. The maximum absolute atomic E-state index is 14.4. The van der Waals surface area contributed by atoms with E-state index in [1.807, 2.05) is 5.32 Å². The highest BCUT2D eigenvalue weighted by Crippen LogP contribution is 2.36. The molecule has 0 spiro atoms. The average Bonchev–Trinajstić information content (AvgIpc) is 2.60. The Balaban J connectivity index is 1.95. The van der Waals surface area contributed by atoms with Crippen LogP contribution in [0.25, 0.3) is 0 Å². The van der Waals surface area contributed by atoms with E-state index < -0.39 is 55.8 Å². The Bertz CT molecular complexity index is 1150. The second-order valence-corrected chi connectivity index (χ2v) is 10.2. The first kappa shape index (κ1) is 23.6. The third-order valence-corrected chi connectivity index (χ3v) is 7.76. The molecule has 31 heavy (non-hydrogen) atoms. The first-order valence-corrected chi connectivity index (χ1v) is 11.1. The Morgan fingerprint density at radius 1 is 1.16 bits per heavy atom. The smallest absolute Gasteiger partial charge is 0.380 e. The normalized spacial score (nSPS) is 16.0. The van der Waals surface area contributed by atoms with Gasteiger partial charge in [-0.15, -0.1) is 0 Å². The monoisotopic (exact) mass is 527 g/mol. The summed E-state index contributed by atoms with van der Waals surface area (Å²) < 4.78 is 96.7. The highest BCUT2D eigenvalue weighted by atomic mass is 79.9. The highest BCUT2D eigenvalue weighted by molar-refractivity contribution is 9.10. The number of ether oxygens (including phenoxy) is 1. The predicted octanol–water partition coefficient (Wildman–Crippen LogP) is 4.81. The van der Waals surface area contributed by atoms with Crippen LogP contribution in [0.2, 0.25) is 0 Å². The lowest BCUT2D eigenvalue weighted by Crippen LogP contribution is -2.45. The molecule has 1 amide bonds. The summed E-state index contributed by atoms with van der Waals surface area (Å²) in [7, 11) is -3.96. The van der Waals surface area contributed by atoms with Crippen LogP contribution in [0.4, 0.5) is 27.6 Å². The third-order valence-electron chi connectivity index (χ3n) is 4.59. The largest absolute Gasteiger partial charge is 0.419 e. The van der Waals surface area contributed by atoms with Crippen LogP contribution < -0.4 is 5.32 Å². The fraction of sp³-hybridized carbons (Fsp3) is 0.316. The van der Waals surface area contributed by atoms with Crippen molar-refractivity contribution < 1.29 is 39.9 Å². The van der Waals surface area contributed by atoms with Gasteiger partial charge in [0.25, 0.3) is 5.91 Å². The number of benzene rings is 2. The molecule has 1 heterocycles. The summed E-state index contributed by atoms with van der Waals surface area (Å²) in [5.41, 5.74) is -3.40. The first-order valence-electron chi connectivity index (χ1n) is 8.70. The number of anilines is 1. The van der Waals surface area contributed by atoms with Crippen molar-refractivity contribution in [3.63, 3.8) is 0 Å². The Hall–Kier alpha value is -2.05. The minimum Gasteiger partial charge on any atom is -0.380 e. The number of hydrogen-bond acceptors (Lipinski definition) is 4. The molecule has 0 aliphatic carbocycles. The van der Waals surface area contributed by atoms with Crippen molar-refractivity contribution >= 4 is 37.4 Å². The van der Waals surface area contributed by atoms with Crippen LogP contribution >= 0.6 is 15.9 Å². The molecule has 0 aromatic heterocycles. The molecule has 1 saturated heterocycles. The molecule has 168 valence electrons. The maximum atomic E-state index is 14.4. The zero-order chi connectivity index (χ0) is 23.2. The molecule has 0 bridgehead atoms. The van der Waals surface area contributed by atoms with Gasteiger partial charge in [0.15, 0.2) is 9.84 Å². The van der Waals surface area contributed by atoms with Gasteiger partial charge in [0.05, 0.1) is 39.5 Å². The third kappa shape index (κ3) is 4.90. The second kappa shape index (κ2) is 8.14. The van der Waals surface area contributed by atoms with E-state index in [2.05, 4.69) is 15.9 Å². The van der Waals surface area contributed by atoms with Crippen molar-refractivity contribution in [2.75, 3.05) is 24.3 Å². The molecule has 0 atom stereocenters. The van der Waals surface area contributed by atoms with Crippen LogP contribution in [-0.2, 0) is 20.8 Å². The van der Waals surface area contributed by atoms with Gasteiger partial charge in [-0.05, 0) is 46.3 Å². The molecular formula is C19H15BrF5NO4S. The van der Waals surface area contributed by atoms with E-state index in [4.69, 9.17) is 4.74 Å². The maximum Gasteiger partial charge on any atom is 0.419 e. The lowest BCUT2D eigenvalue weighted by atomic mass is 9.92. The zero-order valence-corrected chi connectivity index (χ0v) is 18.2. The van der Waals surface area contributed by atoms with Gasteiger partial charge < -0.3 is 10.1 Å². The number of carbonyl (C=O) groups excluding carboxylic acids is 1. The number of alkyl halides is 3. The Morgan fingerprint density at radius 2 is 1.77 bits per heavy atom. The fourth-order valence-electron chi connectivity index (χ4n) is 3.07. The number of halogens is 6. The quantitative estimate of drug-likeness (QED) is 0.447. The molecule has 0 radical (unpaired) electrons. The van der Waals surface area contributed by atoms with Crippen molar-refractivity contribution in [3.05, 3.63) is 57.6 Å². The summed E-state index contributed by atoms with van der Waals surface area (Å²) >= 11 is 2.94. The topological polar surface area (TPSA) is 72.5 Å².